The lowest BCUT2D eigenvalue weighted by Crippen LogP contribution is -2.64. The number of carboxylic acid groups (broad SMARTS) is 1. The van der Waals surface area contributed by atoms with Crippen LogP contribution >= 0.6 is 0 Å². The molecular weight excluding hydrogens is 556 g/mol. The fraction of sp³-hybridized carbons (Fsp3) is 0.606. The smallest absolute Gasteiger partial charge is 0.394 e. The van der Waals surface area contributed by atoms with Crippen molar-refractivity contribution < 1.29 is 48.7 Å². The second-order valence-electron chi connectivity index (χ2n) is 12.2. The van der Waals surface area contributed by atoms with Crippen molar-refractivity contribution in [1.29, 1.82) is 0 Å². The number of ether oxygens (including phenoxy) is 4. The molecule has 0 spiro atoms. The molecule has 2 bridgehead atoms. The summed E-state index contributed by atoms with van der Waals surface area (Å²) in [5.41, 5.74) is -0.728. The zero-order chi connectivity index (χ0) is 31.9. The highest BCUT2D eigenvalue weighted by atomic mass is 16.8. The van der Waals surface area contributed by atoms with Gasteiger partial charge in [0.15, 0.2) is 6.10 Å². The van der Waals surface area contributed by atoms with E-state index in [0.29, 0.717) is 17.9 Å². The van der Waals surface area contributed by atoms with E-state index in [9.17, 15) is 29.7 Å². The Morgan fingerprint density at radius 1 is 1.19 bits per heavy atom. The molecule has 9 atom stereocenters. The number of carbonyl (C=O) groups is 3. The predicted octanol–water partition coefficient (Wildman–Crippen LogP) is 3.49. The number of benzene rings is 1. The highest BCUT2D eigenvalue weighted by molar-refractivity contribution is 5.84. The number of carboxylic acids is 1. The monoisotopic (exact) mass is 603 g/mol. The summed E-state index contributed by atoms with van der Waals surface area (Å²) in [5.74, 6) is -4.25. The first-order valence-corrected chi connectivity index (χ1v) is 15.0. The van der Waals surface area contributed by atoms with Crippen LogP contribution in [0.4, 0.5) is 0 Å². The molecule has 43 heavy (non-hydrogen) atoms. The maximum Gasteiger partial charge on any atom is 0.394 e. The highest BCUT2D eigenvalue weighted by Gasteiger charge is 2.80. The molecule has 238 valence electrons. The Balaban J connectivity index is 1.78. The van der Waals surface area contributed by atoms with Crippen LogP contribution < -0.4 is 0 Å². The van der Waals surface area contributed by atoms with Gasteiger partial charge in [-0.2, -0.15) is 0 Å². The second kappa shape index (κ2) is 14.6. The summed E-state index contributed by atoms with van der Waals surface area (Å²) in [6, 6.07) is 9.73. The maximum atomic E-state index is 12.8. The third kappa shape index (κ3) is 7.92. The minimum atomic E-state index is -2.32. The van der Waals surface area contributed by atoms with E-state index in [0.717, 1.165) is 18.4 Å². The van der Waals surface area contributed by atoms with E-state index in [-0.39, 0.29) is 24.7 Å². The van der Waals surface area contributed by atoms with Crippen LogP contribution in [0.15, 0.2) is 54.6 Å². The van der Waals surface area contributed by atoms with Crippen LogP contribution in [-0.4, -0.2) is 80.4 Å². The molecule has 0 amide bonds. The third-order valence-corrected chi connectivity index (χ3v) is 8.59. The minimum Gasteiger partial charge on any atom is -0.475 e. The van der Waals surface area contributed by atoms with Crippen molar-refractivity contribution in [3.05, 3.63) is 60.2 Å². The molecule has 10 heteroatoms. The van der Waals surface area contributed by atoms with Crippen LogP contribution in [0.3, 0.4) is 0 Å². The molecule has 2 aliphatic heterocycles. The van der Waals surface area contributed by atoms with Gasteiger partial charge in [0.25, 0.3) is 0 Å². The van der Waals surface area contributed by atoms with Crippen molar-refractivity contribution in [2.24, 2.45) is 17.8 Å². The van der Waals surface area contributed by atoms with Gasteiger partial charge in [0.2, 0.25) is 12.2 Å². The number of hydrogen-bond donors (Lipinski definition) is 3. The van der Waals surface area contributed by atoms with Gasteiger partial charge in [-0.1, -0.05) is 77.1 Å². The number of rotatable bonds is 15. The van der Waals surface area contributed by atoms with Gasteiger partial charge < -0.3 is 34.3 Å². The Morgan fingerprint density at radius 3 is 2.47 bits per heavy atom. The van der Waals surface area contributed by atoms with Crippen LogP contribution in [0.1, 0.15) is 65.9 Å². The molecule has 3 unspecified atom stereocenters. The Morgan fingerprint density at radius 2 is 1.86 bits per heavy atom. The van der Waals surface area contributed by atoms with E-state index in [1.807, 2.05) is 44.2 Å². The number of aliphatic hydroxyl groups is 4. The number of hydrogen-bond acceptors (Lipinski definition) is 8. The van der Waals surface area contributed by atoms with E-state index < -0.39 is 60.3 Å². The molecule has 0 aliphatic carbocycles. The highest BCUT2D eigenvalue weighted by Crippen LogP contribution is 2.47. The molecule has 2 saturated heterocycles. The summed E-state index contributed by atoms with van der Waals surface area (Å²) in [6.45, 7) is 13.1. The van der Waals surface area contributed by atoms with Gasteiger partial charge in [-0.05, 0) is 42.2 Å². The summed E-state index contributed by atoms with van der Waals surface area (Å²) in [5, 5.41) is 32.4. The normalized spacial score (nSPS) is 29.4. The average Bonchev–Trinajstić information content (AvgIpc) is 3.17. The van der Waals surface area contributed by atoms with Crippen molar-refractivity contribution >= 4 is 17.9 Å². The van der Waals surface area contributed by atoms with Crippen LogP contribution in [-0.2, 0) is 35.0 Å². The quantitative estimate of drug-likeness (QED) is 0.118. The molecule has 2 heterocycles. The van der Waals surface area contributed by atoms with Gasteiger partial charge in [-0.3, -0.25) is 4.79 Å². The predicted molar refractivity (Wildman–Crippen MR) is 159 cm³/mol. The van der Waals surface area contributed by atoms with Crippen molar-refractivity contribution in [3.8, 4) is 0 Å². The van der Waals surface area contributed by atoms with Gasteiger partial charge in [0.1, 0.15) is 6.10 Å². The molecule has 2 fully saturated rings. The Labute approximate surface area is 253 Å². The first kappa shape index (κ1) is 34.4. The van der Waals surface area contributed by atoms with Crippen molar-refractivity contribution in [1.82, 2.24) is 0 Å². The second-order valence-corrected chi connectivity index (χ2v) is 12.2. The average molecular weight is 604 g/mol. The van der Waals surface area contributed by atoms with Gasteiger partial charge in [0.05, 0.1) is 13.0 Å². The molecule has 1 aromatic rings. The van der Waals surface area contributed by atoms with E-state index in [1.165, 1.54) is 13.0 Å². The molecule has 0 radical (unpaired) electrons. The summed E-state index contributed by atoms with van der Waals surface area (Å²) < 4.78 is 21.3. The lowest BCUT2D eigenvalue weighted by Gasteiger charge is -2.37. The van der Waals surface area contributed by atoms with Gasteiger partial charge in [-0.15, -0.1) is 0 Å². The van der Waals surface area contributed by atoms with Crippen molar-refractivity contribution in [2.75, 3.05) is 6.61 Å². The Bertz CT molecular complexity index is 1170. The number of allylic oxidation sites excluding steroid dienone is 1. The summed E-state index contributed by atoms with van der Waals surface area (Å²) in [4.78, 5) is 37.4. The molecule has 4 N–H and O–H groups in total. The van der Waals surface area contributed by atoms with E-state index >= 15 is 0 Å². The van der Waals surface area contributed by atoms with E-state index in [1.54, 1.807) is 6.08 Å². The van der Waals surface area contributed by atoms with Crippen LogP contribution in [0.5, 0.6) is 0 Å². The first-order chi connectivity index (χ1) is 20.3. The van der Waals surface area contributed by atoms with Crippen molar-refractivity contribution in [3.63, 3.8) is 0 Å². The summed E-state index contributed by atoms with van der Waals surface area (Å²) in [7, 11) is 0. The SMILES string of the molecule is C=C(CCC12OCC(O)C(C(=O)O)([OH+]1)[C@H](OC(=O)/C=C/[C@@H](C)C[C@@H](C)CC)[C@H]2O)[C@@H](OC(C)=O)[C@H](C)Cc1ccccc1. The Kier molecular flexibility index (Phi) is 11.7. The maximum absolute atomic E-state index is 12.8. The number of aliphatic hydroxyl groups excluding tert-OH is 2. The zero-order valence-electron chi connectivity index (χ0n) is 25.8. The number of carbonyl (C=O) groups excluding carboxylic acids is 2. The minimum absolute atomic E-state index is 0.0413. The number of aliphatic carboxylic acids is 1. The van der Waals surface area contributed by atoms with E-state index in [4.69, 9.17) is 14.2 Å². The lowest BCUT2D eigenvalue weighted by molar-refractivity contribution is -0.410. The van der Waals surface area contributed by atoms with Gasteiger partial charge in [0, 0.05) is 18.9 Å². The topological polar surface area (TPSA) is 152 Å². The fourth-order valence-electron chi connectivity index (χ4n) is 6.04. The molecule has 0 saturated carbocycles. The lowest BCUT2D eigenvalue weighted by atomic mass is 9.87. The number of fused-ring (bicyclic) bond motifs is 2. The fourth-order valence-corrected chi connectivity index (χ4v) is 6.04. The largest absolute Gasteiger partial charge is 0.475 e. The molecule has 2 aliphatic rings. The molecule has 10 nitrogen and oxygen atoms in total. The van der Waals surface area contributed by atoms with E-state index in [2.05, 4.69) is 25.2 Å². The van der Waals surface area contributed by atoms with Crippen LogP contribution in [0.25, 0.3) is 0 Å². The van der Waals surface area contributed by atoms with Gasteiger partial charge in [-0.25, -0.2) is 9.59 Å². The van der Waals surface area contributed by atoms with Gasteiger partial charge >= 0.3 is 29.3 Å². The molecular formula is C33H47O10+. The van der Waals surface area contributed by atoms with Crippen LogP contribution in [0, 0.1) is 17.8 Å². The molecule has 3 rings (SSSR count). The third-order valence-electron chi connectivity index (χ3n) is 8.59. The molecule has 0 aromatic heterocycles. The summed E-state index contributed by atoms with van der Waals surface area (Å²) in [6.07, 6.45) is -0.219. The first-order valence-electron chi connectivity index (χ1n) is 15.0. The standard InChI is InChI=1S/C33H46O10/c1-7-20(2)17-21(3)13-14-27(36)42-30-29(37)32(40-19-26(35)33(30,43-32)31(38)39)16-15-22(4)28(41-24(6)34)23(5)18-25-11-9-8-10-12-25/h8-14,20-21,23,26,28-30,35,37H,4,7,15-19H2,1-3,5-6H3,(H,38,39)/p+1/b14-13+/t20-,21+,23+,26?,28+,29+,30+,32?,33?/m0/s1. The van der Waals surface area contributed by atoms with Crippen LogP contribution in [0.2, 0.25) is 0 Å². The summed E-state index contributed by atoms with van der Waals surface area (Å²) >= 11 is 0. The Hall–Kier alpha value is -3.05. The number of esters is 2. The van der Waals surface area contributed by atoms with Crippen molar-refractivity contribution in [2.45, 2.75) is 103 Å². The zero-order valence-corrected chi connectivity index (χ0v) is 25.8. The molecule has 1 aromatic carbocycles.